The summed E-state index contributed by atoms with van der Waals surface area (Å²) in [5.74, 6) is -3.65. The smallest absolute Gasteiger partial charge is 0.414 e. The first kappa shape index (κ1) is 21.4. The van der Waals surface area contributed by atoms with E-state index in [9.17, 15) is 0 Å². The lowest BCUT2D eigenvalue weighted by Crippen LogP contribution is -2.46. The fraction of sp³-hybridized carbons (Fsp3) is 0.364. The number of rotatable bonds is 3. The van der Waals surface area contributed by atoms with Crippen LogP contribution >= 0.6 is 0 Å². The molecule has 1 heterocycles. The van der Waals surface area contributed by atoms with Gasteiger partial charge < -0.3 is 15.1 Å². The molecule has 1 aliphatic rings. The predicted octanol–water partition coefficient (Wildman–Crippen LogP) is 3.09. The van der Waals surface area contributed by atoms with Crippen molar-refractivity contribution in [3.63, 3.8) is 0 Å². The molecule has 2 N–H and O–H groups in total. The quantitative estimate of drug-likeness (QED) is 0.792. The second-order valence-electron chi connectivity index (χ2n) is 7.08. The topological polar surface area (TPSA) is 81.1 Å². The van der Waals surface area contributed by atoms with Gasteiger partial charge in [-0.2, -0.15) is 0 Å². The molecule has 0 unspecified atom stereocenters. The van der Waals surface area contributed by atoms with Gasteiger partial charge in [-0.25, -0.2) is 9.59 Å². The van der Waals surface area contributed by atoms with Gasteiger partial charge in [0, 0.05) is 38.4 Å². The number of carbonyl (C=O) groups is 2. The van der Waals surface area contributed by atoms with Crippen molar-refractivity contribution in [1.29, 1.82) is 0 Å². The molecule has 0 spiro atoms. The lowest BCUT2D eigenvalue weighted by atomic mass is 10.1. The van der Waals surface area contributed by atoms with Gasteiger partial charge in [0.05, 0.1) is 0 Å². The average molecular weight is 384 g/mol. The predicted molar refractivity (Wildman–Crippen MR) is 110 cm³/mol. The zero-order valence-corrected chi connectivity index (χ0v) is 16.7. The van der Waals surface area contributed by atoms with Gasteiger partial charge in [0.15, 0.2) is 0 Å². The minimum Gasteiger partial charge on any atom is -0.473 e. The average Bonchev–Trinajstić information content (AvgIpc) is 2.65. The van der Waals surface area contributed by atoms with E-state index in [0.29, 0.717) is 0 Å². The lowest BCUT2D eigenvalue weighted by Gasteiger charge is -2.37. The van der Waals surface area contributed by atoms with Gasteiger partial charge in [0.25, 0.3) is 0 Å². The maximum Gasteiger partial charge on any atom is 0.414 e. The minimum atomic E-state index is -1.82. The highest BCUT2D eigenvalue weighted by molar-refractivity contribution is 6.27. The Hall–Kier alpha value is -2.86. The number of benzene rings is 2. The van der Waals surface area contributed by atoms with E-state index in [0.717, 1.165) is 32.7 Å². The van der Waals surface area contributed by atoms with E-state index in [1.807, 2.05) is 0 Å². The molecule has 3 rings (SSSR count). The van der Waals surface area contributed by atoms with E-state index in [1.165, 1.54) is 27.9 Å². The van der Waals surface area contributed by atoms with Crippen molar-refractivity contribution in [2.45, 2.75) is 27.3 Å². The van der Waals surface area contributed by atoms with E-state index in [-0.39, 0.29) is 0 Å². The van der Waals surface area contributed by atoms with Crippen molar-refractivity contribution in [1.82, 2.24) is 4.90 Å². The summed E-state index contributed by atoms with van der Waals surface area (Å²) in [7, 11) is 0. The molecule has 0 aliphatic carbocycles. The molecule has 150 valence electrons. The third kappa shape index (κ3) is 6.09. The molecule has 1 fully saturated rings. The van der Waals surface area contributed by atoms with Crippen molar-refractivity contribution < 1.29 is 19.8 Å². The molecule has 1 saturated heterocycles. The SMILES string of the molecule is Cc1cccc(CN2CCN(c3cccc(C)c3C)CC2)c1.O=C(O)C(=O)O. The first-order valence-electron chi connectivity index (χ1n) is 9.33. The Bertz CT molecular complexity index is 815. The highest BCUT2D eigenvalue weighted by atomic mass is 16.4. The number of piperazine rings is 1. The summed E-state index contributed by atoms with van der Waals surface area (Å²) in [5, 5.41) is 14.8. The van der Waals surface area contributed by atoms with Crippen LogP contribution in [0.1, 0.15) is 22.3 Å². The summed E-state index contributed by atoms with van der Waals surface area (Å²) in [6.45, 7) is 12.2. The van der Waals surface area contributed by atoms with Gasteiger partial charge in [0.1, 0.15) is 0 Å². The molecule has 0 bridgehead atoms. The molecule has 0 aromatic heterocycles. The first-order valence-corrected chi connectivity index (χ1v) is 9.33. The largest absolute Gasteiger partial charge is 0.473 e. The summed E-state index contributed by atoms with van der Waals surface area (Å²) in [4.78, 5) is 23.3. The number of aryl methyl sites for hydroxylation is 2. The van der Waals surface area contributed by atoms with Crippen molar-refractivity contribution in [3.05, 3.63) is 64.7 Å². The molecule has 6 heteroatoms. The molecule has 0 radical (unpaired) electrons. The summed E-state index contributed by atoms with van der Waals surface area (Å²) >= 11 is 0. The Morgan fingerprint density at radius 2 is 1.50 bits per heavy atom. The van der Waals surface area contributed by atoms with Crippen LogP contribution in [0.2, 0.25) is 0 Å². The second-order valence-corrected chi connectivity index (χ2v) is 7.08. The van der Waals surface area contributed by atoms with Crippen LogP contribution in [0.5, 0.6) is 0 Å². The zero-order chi connectivity index (χ0) is 20.7. The molecule has 1 aliphatic heterocycles. The van der Waals surface area contributed by atoms with Gasteiger partial charge in [0.2, 0.25) is 0 Å². The molecule has 2 aromatic rings. The van der Waals surface area contributed by atoms with Gasteiger partial charge in [-0.15, -0.1) is 0 Å². The molecule has 0 atom stereocenters. The highest BCUT2D eigenvalue weighted by Gasteiger charge is 2.18. The van der Waals surface area contributed by atoms with E-state index in [4.69, 9.17) is 19.8 Å². The Kier molecular flexibility index (Phi) is 7.58. The Morgan fingerprint density at radius 3 is 2.07 bits per heavy atom. The van der Waals surface area contributed by atoms with E-state index < -0.39 is 11.9 Å². The van der Waals surface area contributed by atoms with Gasteiger partial charge in [-0.3, -0.25) is 4.90 Å². The Morgan fingerprint density at radius 1 is 0.893 bits per heavy atom. The highest BCUT2D eigenvalue weighted by Crippen LogP contribution is 2.24. The number of hydrogen-bond acceptors (Lipinski definition) is 4. The summed E-state index contributed by atoms with van der Waals surface area (Å²) in [6, 6.07) is 15.5. The van der Waals surface area contributed by atoms with Crippen molar-refractivity contribution in [2.24, 2.45) is 0 Å². The maximum absolute atomic E-state index is 9.10. The van der Waals surface area contributed by atoms with Crippen LogP contribution in [-0.4, -0.2) is 53.2 Å². The molecule has 0 amide bonds. The van der Waals surface area contributed by atoms with Gasteiger partial charge in [-0.05, 0) is 43.5 Å². The van der Waals surface area contributed by atoms with Gasteiger partial charge in [-0.1, -0.05) is 42.0 Å². The Labute approximate surface area is 166 Å². The normalized spacial score (nSPS) is 14.2. The summed E-state index contributed by atoms with van der Waals surface area (Å²) in [6.07, 6.45) is 0. The number of anilines is 1. The van der Waals surface area contributed by atoms with Crippen molar-refractivity contribution in [2.75, 3.05) is 31.1 Å². The molecular formula is C22H28N2O4. The summed E-state index contributed by atoms with van der Waals surface area (Å²) < 4.78 is 0. The van der Waals surface area contributed by atoms with E-state index in [2.05, 4.69) is 73.0 Å². The second kappa shape index (κ2) is 9.90. The Balaban J connectivity index is 0.000000409. The van der Waals surface area contributed by atoms with Crippen LogP contribution in [0.25, 0.3) is 0 Å². The van der Waals surface area contributed by atoms with Gasteiger partial charge >= 0.3 is 11.9 Å². The van der Waals surface area contributed by atoms with Crippen molar-refractivity contribution in [3.8, 4) is 0 Å². The molecule has 0 saturated carbocycles. The summed E-state index contributed by atoms with van der Waals surface area (Å²) in [5.41, 5.74) is 7.01. The molecule has 6 nitrogen and oxygen atoms in total. The number of aliphatic carboxylic acids is 2. The van der Waals surface area contributed by atoms with E-state index >= 15 is 0 Å². The standard InChI is InChI=1S/C20H26N2.C2H2O4/c1-16-6-4-8-19(14-16)15-21-10-12-22(13-11-21)20-9-5-7-17(2)18(20)3;3-1(4)2(5)6/h4-9,14H,10-13,15H2,1-3H3;(H,3,4)(H,5,6). The third-order valence-electron chi connectivity index (χ3n) is 4.96. The molecule has 28 heavy (non-hydrogen) atoms. The third-order valence-corrected chi connectivity index (χ3v) is 4.96. The van der Waals surface area contributed by atoms with Crippen LogP contribution in [0.4, 0.5) is 5.69 Å². The van der Waals surface area contributed by atoms with Crippen LogP contribution in [0, 0.1) is 20.8 Å². The first-order chi connectivity index (χ1) is 13.3. The van der Waals surface area contributed by atoms with Crippen LogP contribution in [0.15, 0.2) is 42.5 Å². The van der Waals surface area contributed by atoms with Crippen LogP contribution < -0.4 is 4.90 Å². The number of carboxylic acids is 2. The molecular weight excluding hydrogens is 356 g/mol. The lowest BCUT2D eigenvalue weighted by molar-refractivity contribution is -0.159. The number of carboxylic acid groups (broad SMARTS) is 2. The maximum atomic E-state index is 9.10. The van der Waals surface area contributed by atoms with Crippen LogP contribution in [-0.2, 0) is 16.1 Å². The number of hydrogen-bond donors (Lipinski definition) is 2. The van der Waals surface area contributed by atoms with Crippen molar-refractivity contribution >= 4 is 17.6 Å². The van der Waals surface area contributed by atoms with E-state index in [1.54, 1.807) is 0 Å². The molecule has 2 aromatic carbocycles. The fourth-order valence-corrected chi connectivity index (χ4v) is 3.29. The zero-order valence-electron chi connectivity index (χ0n) is 16.7. The minimum absolute atomic E-state index is 1.07. The van der Waals surface area contributed by atoms with Crippen LogP contribution in [0.3, 0.4) is 0 Å². The fourth-order valence-electron chi connectivity index (χ4n) is 3.29. The monoisotopic (exact) mass is 384 g/mol. The number of nitrogens with zero attached hydrogens (tertiary/aromatic N) is 2.